The molecule has 0 bridgehead atoms. The molecule has 0 aliphatic carbocycles. The molecule has 0 spiro atoms. The van der Waals surface area contributed by atoms with Gasteiger partial charge >= 0.3 is 0 Å². The Morgan fingerprint density at radius 3 is 2.49 bits per heavy atom. The number of methoxy groups -OCH3 is 2. The molecule has 5 rings (SSSR count). The molecule has 37 heavy (non-hydrogen) atoms. The molecule has 1 aliphatic heterocycles. The lowest BCUT2D eigenvalue weighted by Crippen LogP contribution is -2.46. The van der Waals surface area contributed by atoms with Crippen LogP contribution in [0.3, 0.4) is 0 Å². The van der Waals surface area contributed by atoms with E-state index in [1.807, 2.05) is 0 Å². The first-order valence-electron chi connectivity index (χ1n) is 11.4. The van der Waals surface area contributed by atoms with Crippen LogP contribution in [0.2, 0.25) is 0 Å². The van der Waals surface area contributed by atoms with Gasteiger partial charge in [0.25, 0.3) is 0 Å². The highest BCUT2D eigenvalue weighted by Crippen LogP contribution is 2.40. The summed E-state index contributed by atoms with van der Waals surface area (Å²) in [6.45, 7) is 6.01. The van der Waals surface area contributed by atoms with Crippen LogP contribution in [0.4, 0.5) is 14.6 Å². The zero-order chi connectivity index (χ0) is 26.3. The van der Waals surface area contributed by atoms with E-state index in [9.17, 15) is 4.79 Å². The Labute approximate surface area is 210 Å². The van der Waals surface area contributed by atoms with Gasteiger partial charge in [0, 0.05) is 34.9 Å². The first-order valence-corrected chi connectivity index (χ1v) is 11.4. The fraction of sp³-hybridized carbons (Fsp3) is 0.280. The number of rotatable bonds is 7. The molecule has 4 heterocycles. The molecule has 1 aromatic carbocycles. The van der Waals surface area contributed by atoms with Crippen LogP contribution in [0, 0.1) is 11.6 Å². The van der Waals surface area contributed by atoms with Crippen LogP contribution in [-0.4, -0.2) is 65.0 Å². The lowest BCUT2D eigenvalue weighted by molar-refractivity contribution is -0.118. The summed E-state index contributed by atoms with van der Waals surface area (Å²) < 4.78 is 47.8. The monoisotopic (exact) mass is 510 g/mol. The molecule has 4 aromatic rings. The number of nitrogens with zero attached hydrogens (tertiary/aromatic N) is 4. The number of hydrogen-bond donors (Lipinski definition) is 2. The molecule has 1 amide bonds. The van der Waals surface area contributed by atoms with Gasteiger partial charge in [-0.3, -0.25) is 4.79 Å². The van der Waals surface area contributed by atoms with Crippen LogP contribution in [0.1, 0.15) is 6.92 Å². The van der Waals surface area contributed by atoms with Crippen LogP contribution in [0.25, 0.3) is 27.7 Å². The average Bonchev–Trinajstić information content (AvgIpc) is 3.54. The molecule has 2 atom stereocenters. The normalized spacial score (nSPS) is 17.2. The van der Waals surface area contributed by atoms with Gasteiger partial charge in [0.15, 0.2) is 28.8 Å². The van der Waals surface area contributed by atoms with E-state index in [1.165, 1.54) is 25.1 Å². The van der Waals surface area contributed by atoms with E-state index in [0.29, 0.717) is 35.5 Å². The molecule has 2 N–H and O–H groups in total. The van der Waals surface area contributed by atoms with Crippen LogP contribution in [0.15, 0.2) is 42.9 Å². The minimum Gasteiger partial charge on any atom is -0.494 e. The number of benzene rings is 1. The second kappa shape index (κ2) is 9.62. The Balaban J connectivity index is 1.56. The molecule has 1 fully saturated rings. The number of ether oxygens (including phenoxy) is 3. The third-order valence-electron chi connectivity index (χ3n) is 6.19. The molecule has 192 valence electrons. The van der Waals surface area contributed by atoms with Crippen LogP contribution >= 0.6 is 0 Å². The van der Waals surface area contributed by atoms with E-state index in [-0.39, 0.29) is 46.3 Å². The largest absolute Gasteiger partial charge is 0.494 e. The topological polar surface area (TPSA) is 112 Å². The summed E-state index contributed by atoms with van der Waals surface area (Å²) in [7, 11) is 2.57. The quantitative estimate of drug-likeness (QED) is 0.365. The van der Waals surface area contributed by atoms with E-state index < -0.39 is 11.6 Å². The van der Waals surface area contributed by atoms with Crippen molar-refractivity contribution in [2.45, 2.75) is 19.0 Å². The number of nitrogens with one attached hydrogen (secondary N) is 2. The molecule has 0 saturated carbocycles. The fourth-order valence-corrected chi connectivity index (χ4v) is 4.28. The third-order valence-corrected chi connectivity index (χ3v) is 6.19. The van der Waals surface area contributed by atoms with Crippen LogP contribution in [0.5, 0.6) is 11.5 Å². The van der Waals surface area contributed by atoms with Gasteiger partial charge in [0.05, 0.1) is 50.6 Å². The van der Waals surface area contributed by atoms with Crippen molar-refractivity contribution in [1.29, 1.82) is 0 Å². The van der Waals surface area contributed by atoms with Crippen LogP contribution < -0.4 is 20.1 Å². The summed E-state index contributed by atoms with van der Waals surface area (Å²) in [4.78, 5) is 20.8. The number of halogens is 2. The molecule has 12 heteroatoms. The number of carbonyl (C=O) groups is 1. The Morgan fingerprint density at radius 1 is 1.11 bits per heavy atom. The lowest BCUT2D eigenvalue weighted by atomic mass is 10.0. The van der Waals surface area contributed by atoms with Crippen molar-refractivity contribution < 1.29 is 27.8 Å². The highest BCUT2D eigenvalue weighted by atomic mass is 19.1. The van der Waals surface area contributed by atoms with Crippen molar-refractivity contribution in [2.24, 2.45) is 0 Å². The van der Waals surface area contributed by atoms with Gasteiger partial charge in [0.1, 0.15) is 12.1 Å². The molecule has 2 unspecified atom stereocenters. The van der Waals surface area contributed by atoms with Crippen molar-refractivity contribution in [3.05, 3.63) is 54.5 Å². The third kappa shape index (κ3) is 4.29. The predicted molar refractivity (Wildman–Crippen MR) is 132 cm³/mol. The Hall–Kier alpha value is -4.32. The summed E-state index contributed by atoms with van der Waals surface area (Å²) in [5.41, 5.74) is 1.05. The van der Waals surface area contributed by atoms with Crippen molar-refractivity contribution in [3.63, 3.8) is 0 Å². The first kappa shape index (κ1) is 24.4. The maximum absolute atomic E-state index is 15.3. The highest BCUT2D eigenvalue weighted by molar-refractivity contribution is 5.93. The Morgan fingerprint density at radius 2 is 1.81 bits per heavy atom. The SMILES string of the molecule is C=C(C)C(=O)NC1COCC1Nc1cc2c(cn1)cc(-c1c(F)c(OC)cc(OC)c1F)c1ncnn12. The minimum atomic E-state index is -0.889. The summed E-state index contributed by atoms with van der Waals surface area (Å²) in [5.74, 6) is -1.87. The van der Waals surface area contributed by atoms with Gasteiger partial charge in [-0.2, -0.15) is 5.10 Å². The fourth-order valence-electron chi connectivity index (χ4n) is 4.28. The van der Waals surface area contributed by atoms with Crippen LogP contribution in [-0.2, 0) is 9.53 Å². The van der Waals surface area contributed by atoms with Gasteiger partial charge in [-0.15, -0.1) is 0 Å². The molecule has 3 aromatic heterocycles. The maximum atomic E-state index is 15.3. The average molecular weight is 511 g/mol. The van der Waals surface area contributed by atoms with Gasteiger partial charge in [-0.25, -0.2) is 23.3 Å². The molecule has 0 radical (unpaired) electrons. The lowest BCUT2D eigenvalue weighted by Gasteiger charge is -2.21. The number of amides is 1. The maximum Gasteiger partial charge on any atom is 0.246 e. The standard InChI is InChI=1S/C25H24F2N6O4/c1-12(2)25(34)32-16-10-37-9-15(16)31-20-6-17-13(8-28-20)5-14(24-29-11-30-33(17)24)21-22(26)18(35-3)7-19(36-4)23(21)27/h5-8,11,15-16H,1,9-10H2,2-4H3,(H,28,31)(H,32,34). The summed E-state index contributed by atoms with van der Waals surface area (Å²) in [6, 6.07) is 3.98. The predicted octanol–water partition coefficient (Wildman–Crippen LogP) is 3.11. The summed E-state index contributed by atoms with van der Waals surface area (Å²) in [5, 5.41) is 11.0. The second-order valence-corrected chi connectivity index (χ2v) is 8.61. The molecular formula is C25H24F2N6O4. The smallest absolute Gasteiger partial charge is 0.246 e. The van der Waals surface area contributed by atoms with E-state index in [0.717, 1.165) is 6.07 Å². The summed E-state index contributed by atoms with van der Waals surface area (Å²) in [6.07, 6.45) is 2.86. The number of anilines is 1. The minimum absolute atomic E-state index is 0.159. The number of hydrogen-bond acceptors (Lipinski definition) is 8. The van der Waals surface area contributed by atoms with Crippen molar-refractivity contribution in [1.82, 2.24) is 24.9 Å². The number of aromatic nitrogens is 4. The van der Waals surface area contributed by atoms with E-state index in [2.05, 4.69) is 32.3 Å². The Bertz CT molecular complexity index is 1510. The Kier molecular flexibility index (Phi) is 6.34. The van der Waals surface area contributed by atoms with E-state index in [1.54, 1.807) is 25.3 Å². The molecule has 1 saturated heterocycles. The number of carbonyl (C=O) groups excluding carboxylic acids is 1. The molecule has 10 nitrogen and oxygen atoms in total. The van der Waals surface area contributed by atoms with Crippen molar-refractivity contribution in [2.75, 3.05) is 32.8 Å². The van der Waals surface area contributed by atoms with Gasteiger partial charge in [-0.05, 0) is 13.0 Å². The molecule has 1 aliphatic rings. The van der Waals surface area contributed by atoms with E-state index in [4.69, 9.17) is 14.2 Å². The second-order valence-electron chi connectivity index (χ2n) is 8.61. The van der Waals surface area contributed by atoms with Gasteiger partial charge in [-0.1, -0.05) is 6.58 Å². The molecular weight excluding hydrogens is 486 g/mol. The first-order chi connectivity index (χ1) is 17.8. The zero-order valence-electron chi connectivity index (χ0n) is 20.3. The van der Waals surface area contributed by atoms with Crippen molar-refractivity contribution >= 4 is 28.3 Å². The highest BCUT2D eigenvalue weighted by Gasteiger charge is 2.30. The van der Waals surface area contributed by atoms with E-state index >= 15 is 8.78 Å². The van der Waals surface area contributed by atoms with Gasteiger partial charge in [0.2, 0.25) is 5.91 Å². The van der Waals surface area contributed by atoms with Gasteiger partial charge < -0.3 is 24.8 Å². The summed E-state index contributed by atoms with van der Waals surface area (Å²) >= 11 is 0. The number of pyridine rings is 2. The van der Waals surface area contributed by atoms with Crippen molar-refractivity contribution in [3.8, 4) is 22.6 Å². The number of fused-ring (bicyclic) bond motifs is 3. The zero-order valence-corrected chi connectivity index (χ0v) is 20.3.